The summed E-state index contributed by atoms with van der Waals surface area (Å²) in [5, 5.41) is -0.874. The van der Waals surface area contributed by atoms with Crippen molar-refractivity contribution in [3.05, 3.63) is 0 Å². The predicted octanol–water partition coefficient (Wildman–Crippen LogP) is 0.606. The van der Waals surface area contributed by atoms with Crippen LogP contribution in [0.4, 0.5) is 3.89 Å². The van der Waals surface area contributed by atoms with Gasteiger partial charge in [0.25, 0.3) is 0 Å². The van der Waals surface area contributed by atoms with Gasteiger partial charge < -0.3 is 4.74 Å². The predicted molar refractivity (Wildman–Crippen MR) is 36.3 cm³/mol. The van der Waals surface area contributed by atoms with E-state index in [-0.39, 0.29) is 12.2 Å². The Morgan fingerprint density at radius 1 is 1.36 bits per heavy atom. The number of rotatable bonds is 1. The van der Waals surface area contributed by atoms with Crippen LogP contribution in [0.25, 0.3) is 0 Å². The maximum Gasteiger partial charge on any atom is 0.307 e. The lowest BCUT2D eigenvalue weighted by atomic mass is 10.0. The first-order valence-corrected chi connectivity index (χ1v) is 5.11. The standard InChI is InChI=1S/C6H9FO3S/c7-11(8,9)6-3-4-1-2-5(6)10-4/h4-6H,1-3H2/t4-,5+,6-/m1/s1. The summed E-state index contributed by atoms with van der Waals surface area (Å²) in [6, 6.07) is 0. The largest absolute Gasteiger partial charge is 0.373 e. The van der Waals surface area contributed by atoms with Gasteiger partial charge in [-0.2, -0.15) is 8.42 Å². The highest BCUT2D eigenvalue weighted by Gasteiger charge is 2.47. The maximum atomic E-state index is 12.4. The summed E-state index contributed by atoms with van der Waals surface area (Å²) < 4.78 is 38.6. The third-order valence-electron chi connectivity index (χ3n) is 2.41. The summed E-state index contributed by atoms with van der Waals surface area (Å²) >= 11 is 0. The fraction of sp³-hybridized carbons (Fsp3) is 1.00. The first-order valence-electron chi connectivity index (χ1n) is 3.66. The Morgan fingerprint density at radius 2 is 2.09 bits per heavy atom. The summed E-state index contributed by atoms with van der Waals surface area (Å²) in [5.74, 6) is 0. The monoisotopic (exact) mass is 180 g/mol. The van der Waals surface area contributed by atoms with Crippen molar-refractivity contribution in [2.24, 2.45) is 0 Å². The molecule has 2 aliphatic heterocycles. The van der Waals surface area contributed by atoms with Gasteiger partial charge in [-0.1, -0.05) is 0 Å². The number of ether oxygens (including phenoxy) is 1. The number of halogens is 1. The summed E-state index contributed by atoms with van der Waals surface area (Å²) in [6.07, 6.45) is 1.56. The molecule has 0 aromatic heterocycles. The molecule has 2 rings (SSSR count). The second-order valence-electron chi connectivity index (χ2n) is 3.12. The van der Waals surface area contributed by atoms with Crippen LogP contribution in [-0.4, -0.2) is 25.9 Å². The van der Waals surface area contributed by atoms with Crippen LogP contribution in [0.3, 0.4) is 0 Å². The molecule has 0 N–H and O–H groups in total. The first kappa shape index (κ1) is 7.49. The summed E-state index contributed by atoms with van der Waals surface area (Å²) in [5.41, 5.74) is 0. The van der Waals surface area contributed by atoms with Gasteiger partial charge in [-0.3, -0.25) is 0 Å². The third kappa shape index (κ3) is 1.16. The molecule has 2 aliphatic rings. The molecule has 2 heterocycles. The van der Waals surface area contributed by atoms with E-state index in [2.05, 4.69) is 0 Å². The van der Waals surface area contributed by atoms with Gasteiger partial charge in [0, 0.05) is 0 Å². The van der Waals surface area contributed by atoms with E-state index in [1.165, 1.54) is 0 Å². The molecule has 64 valence electrons. The zero-order valence-corrected chi connectivity index (χ0v) is 6.68. The lowest BCUT2D eigenvalue weighted by molar-refractivity contribution is 0.105. The second kappa shape index (κ2) is 2.17. The molecule has 0 aromatic rings. The zero-order valence-electron chi connectivity index (χ0n) is 5.86. The Labute approximate surface area is 64.8 Å². The van der Waals surface area contributed by atoms with Crippen molar-refractivity contribution < 1.29 is 17.0 Å². The molecule has 0 aliphatic carbocycles. The molecule has 0 saturated carbocycles. The van der Waals surface area contributed by atoms with Gasteiger partial charge in [-0.05, 0) is 19.3 Å². The van der Waals surface area contributed by atoms with Crippen LogP contribution in [0, 0.1) is 0 Å². The minimum atomic E-state index is -4.36. The average molecular weight is 180 g/mol. The summed E-state index contributed by atoms with van der Waals surface area (Å²) in [6.45, 7) is 0. The lowest BCUT2D eigenvalue weighted by Crippen LogP contribution is -2.28. The van der Waals surface area contributed by atoms with E-state index < -0.39 is 15.5 Å². The Hall–Kier alpha value is -0.160. The quantitative estimate of drug-likeness (QED) is 0.555. The van der Waals surface area contributed by atoms with Crippen LogP contribution in [-0.2, 0) is 15.0 Å². The van der Waals surface area contributed by atoms with Crippen molar-refractivity contribution in [3.63, 3.8) is 0 Å². The van der Waals surface area contributed by atoms with Crippen molar-refractivity contribution in [1.82, 2.24) is 0 Å². The molecule has 2 fully saturated rings. The van der Waals surface area contributed by atoms with Crippen LogP contribution < -0.4 is 0 Å². The molecule has 0 unspecified atom stereocenters. The molecule has 0 aromatic carbocycles. The highest BCUT2D eigenvalue weighted by Crippen LogP contribution is 2.38. The normalized spacial score (nSPS) is 43.2. The van der Waals surface area contributed by atoms with E-state index in [4.69, 9.17) is 4.74 Å². The smallest absolute Gasteiger partial charge is 0.307 e. The van der Waals surface area contributed by atoms with Crippen LogP contribution in [0.5, 0.6) is 0 Å². The molecule has 2 saturated heterocycles. The molecule has 11 heavy (non-hydrogen) atoms. The lowest BCUT2D eigenvalue weighted by Gasteiger charge is -2.12. The molecule has 3 nitrogen and oxygen atoms in total. The molecule has 0 spiro atoms. The van der Waals surface area contributed by atoms with E-state index in [0.717, 1.165) is 6.42 Å². The van der Waals surface area contributed by atoms with Gasteiger partial charge in [0.05, 0.1) is 12.2 Å². The Kier molecular flexibility index (Phi) is 1.47. The van der Waals surface area contributed by atoms with Gasteiger partial charge >= 0.3 is 10.2 Å². The van der Waals surface area contributed by atoms with Crippen LogP contribution in [0.1, 0.15) is 19.3 Å². The zero-order chi connectivity index (χ0) is 8.06. The van der Waals surface area contributed by atoms with Gasteiger partial charge in [0.2, 0.25) is 0 Å². The fourth-order valence-electron chi connectivity index (χ4n) is 1.89. The van der Waals surface area contributed by atoms with Crippen LogP contribution in [0.15, 0.2) is 0 Å². The van der Waals surface area contributed by atoms with E-state index in [1.807, 2.05) is 0 Å². The maximum absolute atomic E-state index is 12.4. The number of hydrogen-bond acceptors (Lipinski definition) is 3. The molecular formula is C6H9FO3S. The molecular weight excluding hydrogens is 171 g/mol. The van der Waals surface area contributed by atoms with Gasteiger partial charge in [0.15, 0.2) is 0 Å². The highest BCUT2D eigenvalue weighted by molar-refractivity contribution is 7.87. The van der Waals surface area contributed by atoms with E-state index in [9.17, 15) is 12.3 Å². The van der Waals surface area contributed by atoms with Crippen molar-refractivity contribution >= 4 is 10.2 Å². The van der Waals surface area contributed by atoms with Gasteiger partial charge in [-0.25, -0.2) is 0 Å². The minimum Gasteiger partial charge on any atom is -0.373 e. The summed E-state index contributed by atoms with van der Waals surface area (Å²) in [7, 11) is -4.36. The van der Waals surface area contributed by atoms with Crippen molar-refractivity contribution in [3.8, 4) is 0 Å². The Balaban J connectivity index is 2.21. The van der Waals surface area contributed by atoms with Crippen LogP contribution >= 0.6 is 0 Å². The first-order chi connectivity index (χ1) is 5.07. The molecule has 2 bridgehead atoms. The fourth-order valence-corrected chi connectivity index (χ4v) is 2.89. The van der Waals surface area contributed by atoms with E-state index >= 15 is 0 Å². The van der Waals surface area contributed by atoms with Crippen molar-refractivity contribution in [2.45, 2.75) is 36.7 Å². The Bertz CT molecular complexity index is 261. The van der Waals surface area contributed by atoms with E-state index in [1.54, 1.807) is 0 Å². The van der Waals surface area contributed by atoms with Gasteiger partial charge in [0.1, 0.15) is 5.25 Å². The SMILES string of the molecule is O=S(=O)(F)[C@@H]1C[C@H]2CC[C@@H]1O2. The topological polar surface area (TPSA) is 43.4 Å². The third-order valence-corrected chi connectivity index (χ3v) is 3.63. The minimum absolute atomic E-state index is 0.00414. The van der Waals surface area contributed by atoms with Crippen LogP contribution in [0.2, 0.25) is 0 Å². The van der Waals surface area contributed by atoms with Crippen molar-refractivity contribution in [1.29, 1.82) is 0 Å². The second-order valence-corrected chi connectivity index (χ2v) is 4.68. The summed E-state index contributed by atoms with van der Waals surface area (Å²) in [4.78, 5) is 0. The molecule has 3 atom stereocenters. The molecule has 0 radical (unpaired) electrons. The van der Waals surface area contributed by atoms with Gasteiger partial charge in [-0.15, -0.1) is 3.89 Å². The molecule has 0 amide bonds. The highest BCUT2D eigenvalue weighted by atomic mass is 32.3. The Morgan fingerprint density at radius 3 is 2.36 bits per heavy atom. The number of fused-ring (bicyclic) bond motifs is 2. The molecule has 5 heteroatoms. The number of hydrogen-bond donors (Lipinski definition) is 0. The van der Waals surface area contributed by atoms with Crippen molar-refractivity contribution in [2.75, 3.05) is 0 Å². The van der Waals surface area contributed by atoms with E-state index in [0.29, 0.717) is 12.8 Å². The average Bonchev–Trinajstić information content (AvgIpc) is 2.42.